The molecule has 0 saturated carbocycles. The molecule has 0 saturated heterocycles. The molecule has 5 heteroatoms. The highest BCUT2D eigenvalue weighted by Gasteiger charge is 2.34. The predicted molar refractivity (Wildman–Crippen MR) is 85.0 cm³/mol. The molecule has 2 aromatic carbocycles. The summed E-state index contributed by atoms with van der Waals surface area (Å²) in [6, 6.07) is 8.70. The Morgan fingerprint density at radius 2 is 1.74 bits per heavy atom. The number of phenolic OH excluding ortho intramolecular Hbond substituents is 1. The van der Waals surface area contributed by atoms with Crippen LogP contribution in [0.1, 0.15) is 33.8 Å². The number of carbonyl (C=O) groups is 1. The quantitative estimate of drug-likeness (QED) is 0.939. The number of rotatable bonds is 4. The fraction of sp³-hybridized carbons (Fsp3) is 0.278. The van der Waals surface area contributed by atoms with E-state index in [0.29, 0.717) is 29.2 Å². The fourth-order valence-electron chi connectivity index (χ4n) is 3.08. The van der Waals surface area contributed by atoms with E-state index in [1.807, 2.05) is 6.07 Å². The molecule has 0 heterocycles. The van der Waals surface area contributed by atoms with E-state index in [1.165, 1.54) is 7.11 Å². The summed E-state index contributed by atoms with van der Waals surface area (Å²) in [5.74, 6) is 1.55. The van der Waals surface area contributed by atoms with E-state index in [0.717, 1.165) is 11.1 Å². The molecule has 0 fully saturated rings. The van der Waals surface area contributed by atoms with Crippen LogP contribution in [0.3, 0.4) is 0 Å². The van der Waals surface area contributed by atoms with Crippen molar-refractivity contribution in [2.75, 3.05) is 21.3 Å². The Hall–Kier alpha value is -2.69. The number of carbonyl (C=O) groups excluding carboxylic acids is 1. The molecule has 0 aliphatic heterocycles. The molecular weight excluding hydrogens is 296 g/mol. The van der Waals surface area contributed by atoms with Gasteiger partial charge in [-0.2, -0.15) is 0 Å². The van der Waals surface area contributed by atoms with Gasteiger partial charge in [0.2, 0.25) is 0 Å². The first-order valence-corrected chi connectivity index (χ1v) is 7.25. The molecule has 1 atom stereocenters. The second-order valence-corrected chi connectivity index (χ2v) is 5.40. The van der Waals surface area contributed by atoms with Gasteiger partial charge in [0, 0.05) is 29.5 Å². The Bertz CT molecular complexity index is 766. The predicted octanol–water partition coefficient (Wildman–Crippen LogP) is 3.14. The van der Waals surface area contributed by atoms with Gasteiger partial charge in [0.05, 0.1) is 21.3 Å². The van der Waals surface area contributed by atoms with Crippen LogP contribution in [0.25, 0.3) is 0 Å². The van der Waals surface area contributed by atoms with Gasteiger partial charge in [-0.1, -0.05) is 6.07 Å². The van der Waals surface area contributed by atoms with E-state index in [4.69, 9.17) is 14.2 Å². The number of phenols is 1. The number of aromatic hydroxyl groups is 1. The highest BCUT2D eigenvalue weighted by molar-refractivity contribution is 6.03. The molecule has 0 amide bonds. The number of ether oxygens (including phenoxy) is 3. The third kappa shape index (κ3) is 2.48. The minimum atomic E-state index is -0.157. The first kappa shape index (κ1) is 15.2. The lowest BCUT2D eigenvalue weighted by Crippen LogP contribution is -2.00. The van der Waals surface area contributed by atoms with Crippen molar-refractivity contribution in [3.8, 4) is 23.0 Å². The topological polar surface area (TPSA) is 65.0 Å². The maximum absolute atomic E-state index is 12.4. The molecule has 1 aliphatic carbocycles. The SMILES string of the molecule is COc1cc(OC)c2c(c1)C(=O)CC2c1ccc(OC)c(O)c1. The average molecular weight is 314 g/mol. The maximum Gasteiger partial charge on any atom is 0.164 e. The van der Waals surface area contributed by atoms with Gasteiger partial charge in [-0.15, -0.1) is 0 Å². The molecule has 0 radical (unpaired) electrons. The highest BCUT2D eigenvalue weighted by Crippen LogP contribution is 2.46. The van der Waals surface area contributed by atoms with Crippen LogP contribution in [-0.2, 0) is 0 Å². The zero-order valence-electron chi connectivity index (χ0n) is 13.3. The number of hydrogen-bond donors (Lipinski definition) is 1. The highest BCUT2D eigenvalue weighted by atomic mass is 16.5. The Labute approximate surface area is 134 Å². The summed E-state index contributed by atoms with van der Waals surface area (Å²) in [4.78, 5) is 12.4. The van der Waals surface area contributed by atoms with Crippen molar-refractivity contribution in [3.05, 3.63) is 47.0 Å². The minimum Gasteiger partial charge on any atom is -0.504 e. The van der Waals surface area contributed by atoms with Gasteiger partial charge in [-0.3, -0.25) is 4.79 Å². The van der Waals surface area contributed by atoms with Gasteiger partial charge >= 0.3 is 0 Å². The second-order valence-electron chi connectivity index (χ2n) is 5.40. The van der Waals surface area contributed by atoms with Crippen LogP contribution in [0.15, 0.2) is 30.3 Å². The van der Waals surface area contributed by atoms with E-state index in [-0.39, 0.29) is 17.5 Å². The molecule has 2 aromatic rings. The van der Waals surface area contributed by atoms with Crippen LogP contribution in [0, 0.1) is 0 Å². The maximum atomic E-state index is 12.4. The molecule has 1 N–H and O–H groups in total. The second kappa shape index (κ2) is 5.83. The molecule has 0 spiro atoms. The first-order valence-electron chi connectivity index (χ1n) is 7.25. The van der Waals surface area contributed by atoms with Crippen molar-refractivity contribution in [2.24, 2.45) is 0 Å². The van der Waals surface area contributed by atoms with Gasteiger partial charge in [0.15, 0.2) is 17.3 Å². The molecule has 1 aliphatic rings. The lowest BCUT2D eigenvalue weighted by molar-refractivity contribution is 0.0991. The van der Waals surface area contributed by atoms with E-state index >= 15 is 0 Å². The van der Waals surface area contributed by atoms with Crippen molar-refractivity contribution in [3.63, 3.8) is 0 Å². The molecule has 1 unspecified atom stereocenters. The van der Waals surface area contributed by atoms with Gasteiger partial charge in [-0.25, -0.2) is 0 Å². The normalized spacial score (nSPS) is 16.1. The van der Waals surface area contributed by atoms with Crippen LogP contribution in [-0.4, -0.2) is 32.2 Å². The van der Waals surface area contributed by atoms with Gasteiger partial charge in [-0.05, 0) is 23.8 Å². The van der Waals surface area contributed by atoms with Crippen molar-refractivity contribution in [2.45, 2.75) is 12.3 Å². The summed E-state index contributed by atoms with van der Waals surface area (Å²) in [5.41, 5.74) is 2.29. The third-order valence-corrected chi connectivity index (χ3v) is 4.21. The zero-order valence-corrected chi connectivity index (χ0v) is 13.3. The van der Waals surface area contributed by atoms with Crippen molar-refractivity contribution in [1.82, 2.24) is 0 Å². The molecule has 23 heavy (non-hydrogen) atoms. The number of hydrogen-bond acceptors (Lipinski definition) is 5. The summed E-state index contributed by atoms with van der Waals surface area (Å²) >= 11 is 0. The van der Waals surface area contributed by atoms with Crippen LogP contribution >= 0.6 is 0 Å². The largest absolute Gasteiger partial charge is 0.504 e. The van der Waals surface area contributed by atoms with Crippen LogP contribution in [0.5, 0.6) is 23.0 Å². The number of benzene rings is 2. The Balaban J connectivity index is 2.12. The van der Waals surface area contributed by atoms with Gasteiger partial charge in [0.1, 0.15) is 11.5 Å². The summed E-state index contributed by atoms with van der Waals surface area (Å²) in [5, 5.41) is 10.0. The minimum absolute atomic E-state index is 0.0394. The average Bonchev–Trinajstić information content (AvgIpc) is 2.91. The van der Waals surface area contributed by atoms with Crippen LogP contribution in [0.4, 0.5) is 0 Å². The van der Waals surface area contributed by atoms with Gasteiger partial charge in [0.25, 0.3) is 0 Å². The number of methoxy groups -OCH3 is 3. The van der Waals surface area contributed by atoms with Gasteiger partial charge < -0.3 is 19.3 Å². The Morgan fingerprint density at radius 1 is 1.00 bits per heavy atom. The molecule has 0 aromatic heterocycles. The monoisotopic (exact) mass is 314 g/mol. The molecule has 5 nitrogen and oxygen atoms in total. The number of Topliss-reactive ketones (excluding diaryl/α,β-unsaturated/α-hetero) is 1. The summed E-state index contributed by atoms with van der Waals surface area (Å²) in [6.45, 7) is 0. The number of ketones is 1. The van der Waals surface area contributed by atoms with Crippen molar-refractivity contribution >= 4 is 5.78 Å². The van der Waals surface area contributed by atoms with E-state index in [1.54, 1.807) is 38.5 Å². The Kier molecular flexibility index (Phi) is 3.86. The van der Waals surface area contributed by atoms with E-state index < -0.39 is 0 Å². The lowest BCUT2D eigenvalue weighted by Gasteiger charge is -2.16. The molecular formula is C18H18O5. The van der Waals surface area contributed by atoms with E-state index in [2.05, 4.69) is 0 Å². The Morgan fingerprint density at radius 3 is 2.35 bits per heavy atom. The molecule has 3 rings (SSSR count). The summed E-state index contributed by atoms with van der Waals surface area (Å²) in [6.07, 6.45) is 0.338. The number of fused-ring (bicyclic) bond motifs is 1. The molecule has 0 bridgehead atoms. The fourth-order valence-corrected chi connectivity index (χ4v) is 3.08. The van der Waals surface area contributed by atoms with E-state index in [9.17, 15) is 9.90 Å². The smallest absolute Gasteiger partial charge is 0.164 e. The zero-order chi connectivity index (χ0) is 16.6. The van der Waals surface area contributed by atoms with Crippen molar-refractivity contribution in [1.29, 1.82) is 0 Å². The first-order chi connectivity index (χ1) is 11.1. The summed E-state index contributed by atoms with van der Waals surface area (Å²) in [7, 11) is 4.62. The standard InChI is InChI=1S/C18H18O5/c1-21-11-7-13-14(19)9-12(18(13)17(8-11)23-3)10-4-5-16(22-2)15(20)6-10/h4-8,12,20H,9H2,1-3H3. The lowest BCUT2D eigenvalue weighted by atomic mass is 9.92. The molecule has 120 valence electrons. The van der Waals surface area contributed by atoms with Crippen LogP contribution < -0.4 is 14.2 Å². The van der Waals surface area contributed by atoms with Crippen LogP contribution in [0.2, 0.25) is 0 Å². The summed E-state index contributed by atoms with van der Waals surface area (Å²) < 4.78 is 15.8. The third-order valence-electron chi connectivity index (χ3n) is 4.21. The van der Waals surface area contributed by atoms with Crippen molar-refractivity contribution < 1.29 is 24.1 Å².